The van der Waals surface area contributed by atoms with Gasteiger partial charge >= 0.3 is 0 Å². The van der Waals surface area contributed by atoms with Crippen LogP contribution in [-0.2, 0) is 6.42 Å². The Morgan fingerprint density at radius 1 is 0.857 bits per heavy atom. The molecular weight excluding hydrogens is 305 g/mol. The molecule has 0 saturated heterocycles. The lowest BCUT2D eigenvalue weighted by molar-refractivity contribution is 0.239. The fraction of sp³-hybridized carbons (Fsp3) is 0.294. The van der Waals surface area contributed by atoms with E-state index in [1.165, 1.54) is 5.56 Å². The molecule has 0 N–H and O–H groups in total. The molecule has 2 aromatic rings. The smallest absolute Gasteiger partial charge is 0.119 e. The summed E-state index contributed by atoms with van der Waals surface area (Å²) in [7, 11) is 2.10. The van der Waals surface area contributed by atoms with E-state index in [-0.39, 0.29) is 0 Å². The molecule has 0 heterocycles. The minimum absolute atomic E-state index is 0.665. The number of hydrogen-bond donors (Lipinski definition) is 0. The van der Waals surface area contributed by atoms with Crippen molar-refractivity contribution in [1.29, 1.82) is 0 Å². The van der Waals surface area contributed by atoms with E-state index in [1.54, 1.807) is 0 Å². The van der Waals surface area contributed by atoms with Crippen LogP contribution < -0.4 is 4.74 Å². The Balaban J connectivity index is 1.66. The molecule has 2 nitrogen and oxygen atoms in total. The van der Waals surface area contributed by atoms with Crippen LogP contribution in [0.3, 0.4) is 0 Å². The first-order chi connectivity index (χ1) is 10.1. The Morgan fingerprint density at radius 3 is 2.05 bits per heavy atom. The second kappa shape index (κ2) is 8.28. The zero-order valence-corrected chi connectivity index (χ0v) is 13.6. The fourth-order valence-electron chi connectivity index (χ4n) is 1.93. The van der Waals surface area contributed by atoms with Gasteiger partial charge in [-0.15, -0.1) is 0 Å². The maximum absolute atomic E-state index is 5.88. The molecule has 0 bridgehead atoms. The van der Waals surface area contributed by atoms with Crippen LogP contribution in [0.5, 0.6) is 5.75 Å². The van der Waals surface area contributed by atoms with E-state index in [4.69, 9.17) is 27.9 Å². The predicted octanol–water partition coefficient (Wildman–Crippen LogP) is 4.55. The van der Waals surface area contributed by atoms with Crippen molar-refractivity contribution in [3.63, 3.8) is 0 Å². The zero-order chi connectivity index (χ0) is 15.1. The lowest BCUT2D eigenvalue weighted by Crippen LogP contribution is -2.26. The molecule has 0 saturated carbocycles. The van der Waals surface area contributed by atoms with Crippen molar-refractivity contribution in [2.45, 2.75) is 6.42 Å². The summed E-state index contributed by atoms with van der Waals surface area (Å²) in [5, 5.41) is 1.51. The summed E-state index contributed by atoms with van der Waals surface area (Å²) in [6.45, 7) is 2.54. The summed E-state index contributed by atoms with van der Waals surface area (Å²) in [6, 6.07) is 15.4. The molecule has 0 fully saturated rings. The van der Waals surface area contributed by atoms with Crippen LogP contribution >= 0.6 is 23.2 Å². The van der Waals surface area contributed by atoms with Gasteiger partial charge in [-0.2, -0.15) is 0 Å². The number of likely N-dealkylation sites (N-methyl/N-ethyl adjacent to an activating group) is 1. The number of hydrogen-bond acceptors (Lipinski definition) is 2. The summed E-state index contributed by atoms with van der Waals surface area (Å²) in [5.41, 5.74) is 1.30. The summed E-state index contributed by atoms with van der Waals surface area (Å²) < 4.78 is 5.68. The first-order valence-corrected chi connectivity index (χ1v) is 7.70. The van der Waals surface area contributed by atoms with Gasteiger partial charge in [0.2, 0.25) is 0 Å². The van der Waals surface area contributed by atoms with E-state index in [2.05, 4.69) is 24.1 Å². The first-order valence-electron chi connectivity index (χ1n) is 6.95. The van der Waals surface area contributed by atoms with Crippen LogP contribution in [0.25, 0.3) is 0 Å². The summed E-state index contributed by atoms with van der Waals surface area (Å²) in [5.74, 6) is 0.852. The normalized spacial score (nSPS) is 10.9. The summed E-state index contributed by atoms with van der Waals surface area (Å²) in [6.07, 6.45) is 1.01. The monoisotopic (exact) mass is 323 g/mol. The van der Waals surface area contributed by atoms with Gasteiger partial charge in [0, 0.05) is 23.1 Å². The molecular formula is C17H19Cl2NO. The Labute approximate surface area is 136 Å². The Hall–Kier alpha value is -1.22. The highest BCUT2D eigenvalue weighted by molar-refractivity contribution is 6.30. The van der Waals surface area contributed by atoms with Crippen molar-refractivity contribution < 1.29 is 4.74 Å². The van der Waals surface area contributed by atoms with Gasteiger partial charge < -0.3 is 9.64 Å². The highest BCUT2D eigenvalue weighted by Crippen LogP contribution is 2.15. The lowest BCUT2D eigenvalue weighted by atomic mass is 10.1. The SMILES string of the molecule is CN(CCOc1ccc(Cl)cc1)CCc1ccc(Cl)cc1. The number of nitrogens with zero attached hydrogens (tertiary/aromatic N) is 1. The topological polar surface area (TPSA) is 12.5 Å². The highest BCUT2D eigenvalue weighted by Gasteiger charge is 2.01. The molecule has 21 heavy (non-hydrogen) atoms. The molecule has 0 radical (unpaired) electrons. The number of benzene rings is 2. The zero-order valence-electron chi connectivity index (χ0n) is 12.1. The molecule has 4 heteroatoms. The van der Waals surface area contributed by atoms with Gasteiger partial charge in [0.1, 0.15) is 12.4 Å². The largest absolute Gasteiger partial charge is 0.492 e. The van der Waals surface area contributed by atoms with E-state index in [0.29, 0.717) is 6.61 Å². The quantitative estimate of drug-likeness (QED) is 0.741. The molecule has 2 aromatic carbocycles. The minimum Gasteiger partial charge on any atom is -0.492 e. The molecule has 0 aliphatic heterocycles. The van der Waals surface area contributed by atoms with Crippen molar-refractivity contribution >= 4 is 23.2 Å². The van der Waals surface area contributed by atoms with E-state index in [9.17, 15) is 0 Å². The third kappa shape index (κ3) is 5.96. The van der Waals surface area contributed by atoms with E-state index < -0.39 is 0 Å². The van der Waals surface area contributed by atoms with Gasteiger partial charge in [0.25, 0.3) is 0 Å². The molecule has 0 unspecified atom stereocenters. The van der Waals surface area contributed by atoms with Crippen LogP contribution in [-0.4, -0.2) is 31.6 Å². The van der Waals surface area contributed by atoms with Crippen LogP contribution in [0.15, 0.2) is 48.5 Å². The Bertz CT molecular complexity index is 540. The molecule has 0 atom stereocenters. The standard InChI is InChI=1S/C17H19Cl2NO/c1-20(11-10-14-2-4-15(18)5-3-14)12-13-21-17-8-6-16(19)7-9-17/h2-9H,10-13H2,1H3. The number of ether oxygens (including phenoxy) is 1. The minimum atomic E-state index is 0.665. The number of rotatable bonds is 7. The van der Waals surface area contributed by atoms with Crippen molar-refractivity contribution in [2.24, 2.45) is 0 Å². The van der Waals surface area contributed by atoms with Gasteiger partial charge in [-0.1, -0.05) is 35.3 Å². The van der Waals surface area contributed by atoms with Crippen molar-refractivity contribution in [1.82, 2.24) is 4.90 Å². The molecule has 0 aliphatic rings. The maximum atomic E-state index is 5.88. The van der Waals surface area contributed by atoms with Gasteiger partial charge in [0.15, 0.2) is 0 Å². The van der Waals surface area contributed by atoms with Crippen LogP contribution in [0.4, 0.5) is 0 Å². The van der Waals surface area contributed by atoms with Crippen LogP contribution in [0.2, 0.25) is 10.0 Å². The average Bonchev–Trinajstić information content (AvgIpc) is 2.49. The van der Waals surface area contributed by atoms with E-state index in [1.807, 2.05) is 36.4 Å². The van der Waals surface area contributed by atoms with Crippen molar-refractivity contribution in [2.75, 3.05) is 26.7 Å². The second-order valence-corrected chi connectivity index (χ2v) is 5.85. The highest BCUT2D eigenvalue weighted by atomic mass is 35.5. The fourth-order valence-corrected chi connectivity index (χ4v) is 2.18. The van der Waals surface area contributed by atoms with Gasteiger partial charge in [-0.05, 0) is 55.4 Å². The van der Waals surface area contributed by atoms with Gasteiger partial charge in [-0.25, -0.2) is 0 Å². The van der Waals surface area contributed by atoms with Crippen LogP contribution in [0.1, 0.15) is 5.56 Å². The molecule has 112 valence electrons. The van der Waals surface area contributed by atoms with Gasteiger partial charge in [0.05, 0.1) is 0 Å². The number of halogens is 2. The van der Waals surface area contributed by atoms with E-state index >= 15 is 0 Å². The summed E-state index contributed by atoms with van der Waals surface area (Å²) >= 11 is 11.7. The third-order valence-corrected chi connectivity index (χ3v) is 3.75. The van der Waals surface area contributed by atoms with Gasteiger partial charge in [-0.3, -0.25) is 0 Å². The lowest BCUT2D eigenvalue weighted by Gasteiger charge is -2.17. The maximum Gasteiger partial charge on any atom is 0.119 e. The Morgan fingerprint density at radius 2 is 1.43 bits per heavy atom. The average molecular weight is 324 g/mol. The second-order valence-electron chi connectivity index (χ2n) is 4.98. The van der Waals surface area contributed by atoms with Crippen molar-refractivity contribution in [3.05, 3.63) is 64.1 Å². The third-order valence-electron chi connectivity index (χ3n) is 3.25. The molecule has 0 aromatic heterocycles. The Kier molecular flexibility index (Phi) is 6.37. The predicted molar refractivity (Wildman–Crippen MR) is 89.6 cm³/mol. The summed E-state index contributed by atoms with van der Waals surface area (Å²) in [4.78, 5) is 2.25. The van der Waals surface area contributed by atoms with Crippen LogP contribution in [0, 0.1) is 0 Å². The molecule has 0 spiro atoms. The molecule has 0 aliphatic carbocycles. The molecule has 2 rings (SSSR count). The van der Waals surface area contributed by atoms with E-state index in [0.717, 1.165) is 35.3 Å². The first kappa shape index (κ1) is 16.2. The van der Waals surface area contributed by atoms with Crippen molar-refractivity contribution in [3.8, 4) is 5.75 Å². The molecule has 0 amide bonds.